The molecular formula is C18H22N2OS. The minimum absolute atomic E-state index is 0.000170. The zero-order valence-electron chi connectivity index (χ0n) is 13.0. The van der Waals surface area contributed by atoms with Crippen LogP contribution in [-0.2, 0) is 12.8 Å². The van der Waals surface area contributed by atoms with E-state index in [1.165, 1.54) is 36.1 Å². The molecule has 1 amide bonds. The highest BCUT2D eigenvalue weighted by Crippen LogP contribution is 2.28. The molecule has 0 aliphatic heterocycles. The van der Waals surface area contributed by atoms with Crippen molar-refractivity contribution in [2.75, 3.05) is 0 Å². The van der Waals surface area contributed by atoms with Gasteiger partial charge in [-0.1, -0.05) is 12.8 Å². The molecule has 1 atom stereocenters. The lowest BCUT2D eigenvalue weighted by Crippen LogP contribution is -2.25. The van der Waals surface area contributed by atoms with E-state index in [2.05, 4.69) is 16.4 Å². The number of nitrogens with zero attached hydrogens (tertiary/aromatic N) is 1. The lowest BCUT2D eigenvalue weighted by molar-refractivity contribution is 0.0944. The van der Waals surface area contributed by atoms with Gasteiger partial charge in [-0.25, -0.2) is 0 Å². The Labute approximate surface area is 135 Å². The molecule has 0 aromatic carbocycles. The van der Waals surface area contributed by atoms with Crippen LogP contribution in [0.4, 0.5) is 0 Å². The Hall–Kier alpha value is -1.68. The molecule has 116 valence electrons. The van der Waals surface area contributed by atoms with E-state index in [4.69, 9.17) is 0 Å². The van der Waals surface area contributed by atoms with Gasteiger partial charge < -0.3 is 5.32 Å². The van der Waals surface area contributed by atoms with Crippen molar-refractivity contribution in [1.29, 1.82) is 0 Å². The number of hydrogen-bond acceptors (Lipinski definition) is 3. The first-order valence-electron chi connectivity index (χ1n) is 8.06. The van der Waals surface area contributed by atoms with Crippen molar-refractivity contribution in [2.45, 2.75) is 51.5 Å². The smallest absolute Gasteiger partial charge is 0.261 e. The minimum atomic E-state index is 0.000170. The van der Waals surface area contributed by atoms with Crippen molar-refractivity contribution in [1.82, 2.24) is 10.3 Å². The van der Waals surface area contributed by atoms with Crippen molar-refractivity contribution in [3.05, 3.63) is 51.5 Å². The van der Waals surface area contributed by atoms with E-state index in [-0.39, 0.29) is 11.9 Å². The zero-order valence-corrected chi connectivity index (χ0v) is 13.8. The summed E-state index contributed by atoms with van der Waals surface area (Å²) in [7, 11) is 0. The van der Waals surface area contributed by atoms with Crippen LogP contribution in [0.5, 0.6) is 0 Å². The number of rotatable bonds is 3. The van der Waals surface area contributed by atoms with Crippen LogP contribution < -0.4 is 5.32 Å². The number of aryl methyl sites for hydroxylation is 2. The fourth-order valence-electron chi connectivity index (χ4n) is 2.96. The molecular weight excluding hydrogens is 292 g/mol. The molecule has 0 spiro atoms. The maximum atomic E-state index is 12.5. The molecule has 2 aromatic heterocycles. The molecule has 22 heavy (non-hydrogen) atoms. The molecule has 1 N–H and O–H groups in total. The van der Waals surface area contributed by atoms with Crippen LogP contribution in [0.2, 0.25) is 0 Å². The van der Waals surface area contributed by atoms with Crippen molar-refractivity contribution in [2.24, 2.45) is 0 Å². The van der Waals surface area contributed by atoms with Gasteiger partial charge in [0.2, 0.25) is 0 Å². The molecule has 3 rings (SSSR count). The summed E-state index contributed by atoms with van der Waals surface area (Å²) in [5.41, 5.74) is 2.48. The van der Waals surface area contributed by atoms with Crippen LogP contribution in [0.15, 0.2) is 30.6 Å². The average Bonchev–Trinajstić information content (AvgIpc) is 2.90. The number of nitrogens with one attached hydrogen (secondary N) is 1. The summed E-state index contributed by atoms with van der Waals surface area (Å²) in [5.74, 6) is 0.0426. The summed E-state index contributed by atoms with van der Waals surface area (Å²) in [6, 6.07) is 6.00. The summed E-state index contributed by atoms with van der Waals surface area (Å²) in [6.45, 7) is 2.01. The first-order chi connectivity index (χ1) is 10.7. The second-order valence-corrected chi connectivity index (χ2v) is 7.09. The molecule has 3 nitrogen and oxygen atoms in total. The van der Waals surface area contributed by atoms with E-state index in [9.17, 15) is 4.79 Å². The number of hydrogen-bond donors (Lipinski definition) is 1. The molecule has 0 radical (unpaired) electrons. The third kappa shape index (κ3) is 3.55. The second kappa shape index (κ2) is 7.05. The van der Waals surface area contributed by atoms with Crippen molar-refractivity contribution in [3.8, 4) is 0 Å². The van der Waals surface area contributed by atoms with E-state index in [1.54, 1.807) is 23.7 Å². The van der Waals surface area contributed by atoms with E-state index >= 15 is 0 Å². The van der Waals surface area contributed by atoms with E-state index < -0.39 is 0 Å². The SMILES string of the molecule is C[C@H](NC(=O)c1cc2c(s1)CCCCCC2)c1ccncc1. The predicted octanol–water partition coefficient (Wildman–Crippen LogP) is 4.29. The molecule has 1 aliphatic rings. The highest BCUT2D eigenvalue weighted by atomic mass is 32.1. The van der Waals surface area contributed by atoms with Gasteiger partial charge in [-0.3, -0.25) is 9.78 Å². The molecule has 0 saturated carbocycles. The third-order valence-electron chi connectivity index (χ3n) is 4.27. The van der Waals surface area contributed by atoms with Crippen molar-refractivity contribution in [3.63, 3.8) is 0 Å². The standard InChI is InChI=1S/C18H22N2OS/c1-13(14-8-10-19-11-9-14)20-18(21)17-12-15-6-4-2-3-5-7-16(15)22-17/h8-13H,2-7H2,1H3,(H,20,21)/t13-/m0/s1. The van der Waals surface area contributed by atoms with E-state index in [1.807, 2.05) is 19.1 Å². The van der Waals surface area contributed by atoms with Crippen LogP contribution in [0.1, 0.15) is 64.3 Å². The molecule has 0 bridgehead atoms. The lowest BCUT2D eigenvalue weighted by atomic mass is 10.00. The fourth-order valence-corrected chi connectivity index (χ4v) is 4.12. The van der Waals surface area contributed by atoms with Gasteiger partial charge in [0, 0.05) is 17.3 Å². The quantitative estimate of drug-likeness (QED) is 0.918. The topological polar surface area (TPSA) is 42.0 Å². The van der Waals surface area contributed by atoms with Gasteiger partial charge in [-0.05, 0) is 61.9 Å². The van der Waals surface area contributed by atoms with Crippen molar-refractivity contribution < 1.29 is 4.79 Å². The maximum absolute atomic E-state index is 12.5. The first kappa shape index (κ1) is 15.2. The Balaban J connectivity index is 1.71. The van der Waals surface area contributed by atoms with Crippen molar-refractivity contribution >= 4 is 17.2 Å². The van der Waals surface area contributed by atoms with E-state index in [0.29, 0.717) is 0 Å². The Bertz CT molecular complexity index is 610. The number of amides is 1. The molecule has 2 aromatic rings. The summed E-state index contributed by atoms with van der Waals surface area (Å²) in [5, 5.41) is 3.10. The zero-order chi connectivity index (χ0) is 15.4. The molecule has 1 aliphatic carbocycles. The number of fused-ring (bicyclic) bond motifs is 1. The average molecular weight is 314 g/mol. The van der Waals surface area contributed by atoms with E-state index in [0.717, 1.165) is 23.3 Å². The highest BCUT2D eigenvalue weighted by Gasteiger charge is 2.17. The molecule has 0 fully saturated rings. The summed E-state index contributed by atoms with van der Waals surface area (Å²) in [4.78, 5) is 18.8. The number of carbonyl (C=O) groups is 1. The largest absolute Gasteiger partial charge is 0.345 e. The molecule has 0 unspecified atom stereocenters. The van der Waals surface area contributed by atoms with Crippen LogP contribution >= 0.6 is 11.3 Å². The lowest BCUT2D eigenvalue weighted by Gasteiger charge is -2.13. The Morgan fingerprint density at radius 1 is 1.18 bits per heavy atom. The van der Waals surface area contributed by atoms with Gasteiger partial charge in [0.1, 0.15) is 0 Å². The summed E-state index contributed by atoms with van der Waals surface area (Å²) < 4.78 is 0. The van der Waals surface area contributed by atoms with Gasteiger partial charge in [0.05, 0.1) is 10.9 Å². The maximum Gasteiger partial charge on any atom is 0.261 e. The van der Waals surface area contributed by atoms with Crippen LogP contribution in [0.3, 0.4) is 0 Å². The Morgan fingerprint density at radius 2 is 1.91 bits per heavy atom. The number of pyridine rings is 1. The van der Waals surface area contributed by atoms with Crippen LogP contribution in [-0.4, -0.2) is 10.9 Å². The third-order valence-corrected chi connectivity index (χ3v) is 5.51. The molecule has 0 saturated heterocycles. The minimum Gasteiger partial charge on any atom is -0.345 e. The molecule has 4 heteroatoms. The first-order valence-corrected chi connectivity index (χ1v) is 8.88. The second-order valence-electron chi connectivity index (χ2n) is 5.95. The van der Waals surface area contributed by atoms with Crippen LogP contribution in [0, 0.1) is 0 Å². The van der Waals surface area contributed by atoms with Gasteiger partial charge >= 0.3 is 0 Å². The number of aromatic nitrogens is 1. The van der Waals surface area contributed by atoms with Gasteiger partial charge in [0.25, 0.3) is 5.91 Å². The monoisotopic (exact) mass is 314 g/mol. The predicted molar refractivity (Wildman–Crippen MR) is 90.3 cm³/mol. The summed E-state index contributed by atoms with van der Waals surface area (Å²) in [6.07, 6.45) is 10.9. The van der Waals surface area contributed by atoms with Gasteiger partial charge in [-0.15, -0.1) is 11.3 Å². The highest BCUT2D eigenvalue weighted by molar-refractivity contribution is 7.14. The Kier molecular flexibility index (Phi) is 4.88. The Morgan fingerprint density at radius 3 is 2.68 bits per heavy atom. The summed E-state index contributed by atoms with van der Waals surface area (Å²) >= 11 is 1.68. The van der Waals surface area contributed by atoms with Gasteiger partial charge in [-0.2, -0.15) is 0 Å². The number of thiophene rings is 1. The fraction of sp³-hybridized carbons (Fsp3) is 0.444. The normalized spacial score (nSPS) is 16.2. The number of carbonyl (C=O) groups excluding carboxylic acids is 1. The molecule has 2 heterocycles. The van der Waals surface area contributed by atoms with Crippen LogP contribution in [0.25, 0.3) is 0 Å². The van der Waals surface area contributed by atoms with Gasteiger partial charge in [0.15, 0.2) is 0 Å².